The molecule has 3 heterocycles. The van der Waals surface area contributed by atoms with Crippen LogP contribution in [-0.4, -0.2) is 42.3 Å². The second-order valence-electron chi connectivity index (χ2n) is 9.34. The van der Waals surface area contributed by atoms with Gasteiger partial charge in [-0.3, -0.25) is 9.20 Å². The molecule has 5 aromatic rings. The summed E-state index contributed by atoms with van der Waals surface area (Å²) in [6.45, 7) is 4.31. The molecule has 0 radical (unpaired) electrons. The molecule has 0 saturated carbocycles. The number of pyridine rings is 1. The number of carbonyl (C=O) groups excluding carboxylic acids is 1. The second-order valence-corrected chi connectivity index (χ2v) is 9.34. The zero-order chi connectivity index (χ0) is 26.2. The van der Waals surface area contributed by atoms with E-state index in [0.29, 0.717) is 12.7 Å². The van der Waals surface area contributed by atoms with Gasteiger partial charge in [0.15, 0.2) is 5.65 Å². The third-order valence-electron chi connectivity index (χ3n) is 6.19. The van der Waals surface area contributed by atoms with Gasteiger partial charge in [-0.1, -0.05) is 44.2 Å². The van der Waals surface area contributed by atoms with Crippen molar-refractivity contribution >= 4 is 22.5 Å². The van der Waals surface area contributed by atoms with Crippen LogP contribution in [0.25, 0.3) is 22.2 Å². The Morgan fingerprint density at radius 1 is 1.08 bits per heavy atom. The van der Waals surface area contributed by atoms with E-state index in [1.54, 1.807) is 23.3 Å². The molecule has 0 aliphatic carbocycles. The summed E-state index contributed by atoms with van der Waals surface area (Å²) in [6.07, 6.45) is 4.54. The van der Waals surface area contributed by atoms with Crippen molar-refractivity contribution in [3.05, 3.63) is 84.9 Å². The van der Waals surface area contributed by atoms with Gasteiger partial charge in [0.2, 0.25) is 0 Å². The highest BCUT2D eigenvalue weighted by molar-refractivity contribution is 5.83. The van der Waals surface area contributed by atoms with E-state index in [9.17, 15) is 13.6 Å². The van der Waals surface area contributed by atoms with Gasteiger partial charge in [-0.15, -0.1) is 10.2 Å². The van der Waals surface area contributed by atoms with Crippen molar-refractivity contribution in [3.8, 4) is 11.4 Å². The molecule has 5 rings (SSSR count). The summed E-state index contributed by atoms with van der Waals surface area (Å²) in [6, 6.07) is 17.9. The van der Waals surface area contributed by atoms with Crippen molar-refractivity contribution < 1.29 is 18.3 Å². The largest absolute Gasteiger partial charge is 0.484 e. The highest BCUT2D eigenvalue weighted by Crippen LogP contribution is 2.31. The Morgan fingerprint density at radius 2 is 1.86 bits per heavy atom. The minimum atomic E-state index is -3.50. The first-order valence-corrected chi connectivity index (χ1v) is 11.9. The zero-order valence-electron chi connectivity index (χ0n) is 20.5. The molecule has 37 heavy (non-hydrogen) atoms. The minimum Gasteiger partial charge on any atom is -0.484 e. The molecular formula is C27H26F2N6O2. The van der Waals surface area contributed by atoms with Crippen LogP contribution in [0.2, 0.25) is 0 Å². The predicted octanol–water partition coefficient (Wildman–Crippen LogP) is 4.98. The SMILES string of the molecule is CC(C)C(NC(=O)C(C)(F)F)[C@H](Oc1ccc2c(cnn2-c2ccc3nncn3c2)c1)c1ccccc1. The number of ether oxygens (including phenoxy) is 1. The minimum absolute atomic E-state index is 0.185. The third kappa shape index (κ3) is 5.00. The Labute approximate surface area is 211 Å². The number of nitrogens with one attached hydrogen (secondary N) is 1. The number of aromatic nitrogens is 5. The van der Waals surface area contributed by atoms with Gasteiger partial charge in [0.05, 0.1) is 23.4 Å². The molecular weight excluding hydrogens is 478 g/mol. The van der Waals surface area contributed by atoms with Crippen LogP contribution in [-0.2, 0) is 4.79 Å². The van der Waals surface area contributed by atoms with Gasteiger partial charge in [-0.05, 0) is 41.8 Å². The Balaban J connectivity index is 1.48. The van der Waals surface area contributed by atoms with Crippen molar-refractivity contribution in [3.63, 3.8) is 0 Å². The quantitative estimate of drug-likeness (QED) is 0.322. The lowest BCUT2D eigenvalue weighted by molar-refractivity contribution is -0.145. The van der Waals surface area contributed by atoms with E-state index in [-0.39, 0.29) is 5.92 Å². The number of hydrogen-bond acceptors (Lipinski definition) is 5. The van der Waals surface area contributed by atoms with Gasteiger partial charge in [0.25, 0.3) is 5.91 Å². The van der Waals surface area contributed by atoms with E-state index < -0.39 is 24.0 Å². The Hall–Kier alpha value is -4.34. The molecule has 10 heteroatoms. The molecule has 1 amide bonds. The zero-order valence-corrected chi connectivity index (χ0v) is 20.5. The maximum atomic E-state index is 13.7. The fourth-order valence-electron chi connectivity index (χ4n) is 4.24. The van der Waals surface area contributed by atoms with Gasteiger partial charge in [-0.2, -0.15) is 13.9 Å². The molecule has 190 valence electrons. The monoisotopic (exact) mass is 504 g/mol. The maximum Gasteiger partial charge on any atom is 0.321 e. The van der Waals surface area contributed by atoms with E-state index in [4.69, 9.17) is 4.74 Å². The average Bonchev–Trinajstić information content (AvgIpc) is 3.52. The van der Waals surface area contributed by atoms with Gasteiger partial charge in [0.1, 0.15) is 18.2 Å². The summed E-state index contributed by atoms with van der Waals surface area (Å²) in [4.78, 5) is 12.2. The van der Waals surface area contributed by atoms with Crippen LogP contribution in [0, 0.1) is 5.92 Å². The number of benzene rings is 2. The number of amides is 1. The number of alkyl halides is 2. The Bertz CT molecular complexity index is 1540. The molecule has 1 unspecified atom stereocenters. The number of rotatable bonds is 8. The molecule has 2 atom stereocenters. The fraction of sp³-hybridized carbons (Fsp3) is 0.259. The normalized spacial score (nSPS) is 13.7. The lowest BCUT2D eigenvalue weighted by Crippen LogP contribution is -2.49. The van der Waals surface area contributed by atoms with Gasteiger partial charge < -0.3 is 10.1 Å². The number of halogens is 2. The number of fused-ring (bicyclic) bond motifs is 2. The van der Waals surface area contributed by atoms with Crippen molar-refractivity contribution in [2.24, 2.45) is 5.92 Å². The molecule has 0 spiro atoms. The second kappa shape index (κ2) is 9.61. The van der Waals surface area contributed by atoms with Crippen LogP contribution in [0.3, 0.4) is 0 Å². The number of hydrogen-bond donors (Lipinski definition) is 1. The van der Waals surface area contributed by atoms with Crippen molar-refractivity contribution in [2.45, 2.75) is 38.8 Å². The summed E-state index contributed by atoms with van der Waals surface area (Å²) < 4.78 is 37.5. The van der Waals surface area contributed by atoms with Crippen LogP contribution in [0.1, 0.15) is 32.4 Å². The fourth-order valence-corrected chi connectivity index (χ4v) is 4.24. The van der Waals surface area contributed by atoms with Gasteiger partial charge in [-0.25, -0.2) is 4.68 Å². The molecule has 1 N–H and O–H groups in total. The van der Waals surface area contributed by atoms with E-state index in [2.05, 4.69) is 20.6 Å². The summed E-state index contributed by atoms with van der Waals surface area (Å²) in [5.74, 6) is -4.50. The lowest BCUT2D eigenvalue weighted by Gasteiger charge is -2.32. The van der Waals surface area contributed by atoms with Crippen molar-refractivity contribution in [1.82, 2.24) is 29.7 Å². The van der Waals surface area contributed by atoms with Crippen LogP contribution < -0.4 is 10.1 Å². The summed E-state index contributed by atoms with van der Waals surface area (Å²) in [5.41, 5.74) is 3.19. The third-order valence-corrected chi connectivity index (χ3v) is 6.19. The molecule has 2 aromatic carbocycles. The van der Waals surface area contributed by atoms with Crippen molar-refractivity contribution in [2.75, 3.05) is 0 Å². The predicted molar refractivity (Wildman–Crippen MR) is 135 cm³/mol. The van der Waals surface area contributed by atoms with E-state index in [1.807, 2.05) is 79.0 Å². The standard InChI is InChI=1S/C27H26F2N6O2/c1-17(2)24(32-26(36)27(3,28)29)25(18-7-5-4-6-8-18)37-21-10-11-22-19(13-21)14-31-35(22)20-9-12-23-33-30-16-34(23)15-20/h4-17,24-25H,1-3H3,(H,32,36)/t24?,25-/m1/s1. The van der Waals surface area contributed by atoms with E-state index in [1.165, 1.54) is 0 Å². The molecule has 3 aromatic heterocycles. The van der Waals surface area contributed by atoms with E-state index in [0.717, 1.165) is 27.8 Å². The highest BCUT2D eigenvalue weighted by atomic mass is 19.3. The summed E-state index contributed by atoms with van der Waals surface area (Å²) in [7, 11) is 0. The van der Waals surface area contributed by atoms with Crippen LogP contribution in [0.4, 0.5) is 8.78 Å². The molecule has 8 nitrogen and oxygen atoms in total. The first kappa shape index (κ1) is 24.4. The first-order valence-electron chi connectivity index (χ1n) is 11.9. The summed E-state index contributed by atoms with van der Waals surface area (Å²) >= 11 is 0. The molecule has 0 saturated heterocycles. The van der Waals surface area contributed by atoms with Crippen LogP contribution >= 0.6 is 0 Å². The highest BCUT2D eigenvalue weighted by Gasteiger charge is 2.37. The molecule has 0 bridgehead atoms. The maximum absolute atomic E-state index is 13.7. The van der Waals surface area contributed by atoms with Crippen LogP contribution in [0.15, 0.2) is 79.4 Å². The lowest BCUT2D eigenvalue weighted by atomic mass is 9.92. The van der Waals surface area contributed by atoms with Crippen LogP contribution in [0.5, 0.6) is 5.75 Å². The Kier molecular flexibility index (Phi) is 6.32. The summed E-state index contributed by atoms with van der Waals surface area (Å²) in [5, 5.41) is 15.8. The van der Waals surface area contributed by atoms with E-state index >= 15 is 0 Å². The molecule has 0 aliphatic rings. The van der Waals surface area contributed by atoms with Gasteiger partial charge in [0, 0.05) is 18.5 Å². The topological polar surface area (TPSA) is 86.3 Å². The average molecular weight is 505 g/mol. The Morgan fingerprint density at radius 3 is 2.59 bits per heavy atom. The smallest absolute Gasteiger partial charge is 0.321 e. The first-order chi connectivity index (χ1) is 17.7. The molecule has 0 aliphatic heterocycles. The number of nitrogens with zero attached hydrogens (tertiary/aromatic N) is 5. The van der Waals surface area contributed by atoms with Crippen molar-refractivity contribution in [1.29, 1.82) is 0 Å². The molecule has 0 fully saturated rings. The van der Waals surface area contributed by atoms with Gasteiger partial charge >= 0.3 is 5.92 Å². The number of carbonyl (C=O) groups is 1.